The zero-order chi connectivity index (χ0) is 28.4. The highest BCUT2D eigenvalue weighted by Gasteiger charge is 2.58. The van der Waals surface area contributed by atoms with Crippen molar-refractivity contribution in [1.29, 1.82) is 0 Å². The molecule has 0 rings (SSSR count). The Kier molecular flexibility index (Phi) is 12.3. The maximum Gasteiger partial charge on any atom is 0.333 e. The van der Waals surface area contributed by atoms with Gasteiger partial charge in [0.1, 0.15) is 25.4 Å². The molecule has 12 heteroatoms. The van der Waals surface area contributed by atoms with Gasteiger partial charge in [0.05, 0.1) is 12.8 Å². The second-order valence-electron chi connectivity index (χ2n) is 8.19. The van der Waals surface area contributed by atoms with Crippen LogP contribution in [0.1, 0.15) is 40.5 Å². The summed E-state index contributed by atoms with van der Waals surface area (Å²) >= 11 is 0. The molecule has 2 atom stereocenters. The molecule has 0 spiro atoms. The maximum absolute atomic E-state index is 14.8. The smallest absolute Gasteiger partial charge is 0.333 e. The van der Waals surface area contributed by atoms with Crippen molar-refractivity contribution in [3.8, 4) is 0 Å². The minimum atomic E-state index is -4.87. The summed E-state index contributed by atoms with van der Waals surface area (Å²) < 4.78 is 77.9. The van der Waals surface area contributed by atoms with E-state index in [9.17, 15) is 36.7 Å². The number of hydrogen-bond acceptors (Lipinski definition) is 8. The second-order valence-corrected chi connectivity index (χ2v) is 8.19. The third kappa shape index (κ3) is 10.9. The number of ether oxygens (including phenoxy) is 4. The molecule has 36 heavy (non-hydrogen) atoms. The Labute approximate surface area is 206 Å². The van der Waals surface area contributed by atoms with Crippen LogP contribution in [0.2, 0.25) is 0 Å². The quantitative estimate of drug-likeness (QED) is 0.136. The molecule has 0 aliphatic rings. The van der Waals surface area contributed by atoms with Gasteiger partial charge in [-0.2, -0.15) is 17.6 Å². The Morgan fingerprint density at radius 3 is 1.06 bits per heavy atom. The summed E-state index contributed by atoms with van der Waals surface area (Å²) in [7, 11) is 0. The minimum Gasteiger partial charge on any atom is -0.458 e. The Hall–Kier alpha value is -3.44. The van der Waals surface area contributed by atoms with E-state index < -0.39 is 74.0 Å². The average Bonchev–Trinajstić information content (AvgIpc) is 2.73. The lowest BCUT2D eigenvalue weighted by molar-refractivity contribution is -0.239. The largest absolute Gasteiger partial charge is 0.458 e. The van der Waals surface area contributed by atoms with Crippen molar-refractivity contribution in [3.05, 3.63) is 48.6 Å². The van der Waals surface area contributed by atoms with Gasteiger partial charge in [0.2, 0.25) is 0 Å². The zero-order valence-corrected chi connectivity index (χ0v) is 20.6. The summed E-state index contributed by atoms with van der Waals surface area (Å²) in [6.07, 6.45) is -7.52. The van der Waals surface area contributed by atoms with Crippen LogP contribution in [0.4, 0.5) is 17.6 Å². The van der Waals surface area contributed by atoms with Crippen LogP contribution in [0.5, 0.6) is 0 Å². The van der Waals surface area contributed by atoms with E-state index in [1.165, 1.54) is 27.7 Å². The lowest BCUT2D eigenvalue weighted by Gasteiger charge is -2.31. The van der Waals surface area contributed by atoms with Crippen molar-refractivity contribution in [2.75, 3.05) is 13.2 Å². The van der Waals surface area contributed by atoms with Gasteiger partial charge in [0.25, 0.3) is 0 Å². The molecule has 0 N–H and O–H groups in total. The molecule has 0 heterocycles. The van der Waals surface area contributed by atoms with Crippen LogP contribution in [0, 0.1) is 0 Å². The van der Waals surface area contributed by atoms with Gasteiger partial charge in [0.15, 0.2) is 0 Å². The molecule has 0 saturated carbocycles. The highest BCUT2D eigenvalue weighted by molar-refractivity contribution is 5.88. The van der Waals surface area contributed by atoms with Gasteiger partial charge in [0, 0.05) is 22.3 Å². The molecule has 202 valence electrons. The predicted octanol–water partition coefficient (Wildman–Crippen LogP) is 4.25. The molecule has 0 amide bonds. The van der Waals surface area contributed by atoms with Crippen LogP contribution in [-0.4, -0.2) is 61.1 Å². The van der Waals surface area contributed by atoms with E-state index in [1.807, 2.05) is 0 Å². The number of esters is 4. The van der Waals surface area contributed by atoms with E-state index in [1.54, 1.807) is 0 Å². The van der Waals surface area contributed by atoms with E-state index in [0.717, 1.165) is 0 Å². The minimum absolute atomic E-state index is 0.108. The fourth-order valence-electron chi connectivity index (χ4n) is 2.23. The maximum atomic E-state index is 14.8. The molecule has 0 radical (unpaired) electrons. The molecular formula is C24H30F4O8. The van der Waals surface area contributed by atoms with Crippen molar-refractivity contribution < 1.29 is 55.7 Å². The van der Waals surface area contributed by atoms with Gasteiger partial charge in [-0.25, -0.2) is 19.2 Å². The molecule has 0 saturated heterocycles. The highest BCUT2D eigenvalue weighted by atomic mass is 19.3. The fourth-order valence-corrected chi connectivity index (χ4v) is 2.23. The van der Waals surface area contributed by atoms with Crippen LogP contribution >= 0.6 is 0 Å². The van der Waals surface area contributed by atoms with Crippen molar-refractivity contribution in [3.63, 3.8) is 0 Å². The molecule has 0 aliphatic heterocycles. The standard InChI is InChI=1S/C24H30F4O8/c1-13(2)19(29)33-11-17(35-21(31)15(5)6)9-23(25,26)24(27,28)10-18(36-22(32)16(7)8)12-34-20(30)14(3)4/h17-18H,1,3,5,7,9-12H2,2,4,6,8H3. The average molecular weight is 522 g/mol. The van der Waals surface area contributed by atoms with Gasteiger partial charge < -0.3 is 18.9 Å². The van der Waals surface area contributed by atoms with Crippen molar-refractivity contribution in [2.24, 2.45) is 0 Å². The van der Waals surface area contributed by atoms with Crippen LogP contribution in [0.25, 0.3) is 0 Å². The van der Waals surface area contributed by atoms with Crippen LogP contribution < -0.4 is 0 Å². The Morgan fingerprint density at radius 1 is 0.583 bits per heavy atom. The van der Waals surface area contributed by atoms with Crippen LogP contribution in [0.15, 0.2) is 48.6 Å². The SMILES string of the molecule is C=C(C)C(=O)OCC(CC(F)(F)C(F)(F)CC(COC(=O)C(=C)C)OC(=O)C(=C)C)OC(=O)C(=C)C. The molecule has 0 aromatic heterocycles. The summed E-state index contributed by atoms with van der Waals surface area (Å²) in [5.74, 6) is -14.1. The number of halogens is 4. The Morgan fingerprint density at radius 2 is 0.833 bits per heavy atom. The number of carbonyl (C=O) groups is 4. The highest BCUT2D eigenvalue weighted by Crippen LogP contribution is 2.42. The van der Waals surface area contributed by atoms with E-state index in [4.69, 9.17) is 9.47 Å². The van der Waals surface area contributed by atoms with Crippen molar-refractivity contribution in [2.45, 2.75) is 64.6 Å². The summed E-state index contributed by atoms with van der Waals surface area (Å²) in [6, 6.07) is 0. The topological polar surface area (TPSA) is 105 Å². The molecule has 0 fully saturated rings. The monoisotopic (exact) mass is 522 g/mol. The van der Waals surface area contributed by atoms with Gasteiger partial charge >= 0.3 is 35.7 Å². The first kappa shape index (κ1) is 32.6. The van der Waals surface area contributed by atoms with Crippen molar-refractivity contribution >= 4 is 23.9 Å². The Balaban J connectivity index is 5.79. The summed E-state index contributed by atoms with van der Waals surface area (Å²) in [4.78, 5) is 46.8. The predicted molar refractivity (Wildman–Crippen MR) is 120 cm³/mol. The molecule has 2 unspecified atom stereocenters. The first-order valence-corrected chi connectivity index (χ1v) is 10.4. The van der Waals surface area contributed by atoms with Gasteiger partial charge in [-0.1, -0.05) is 26.3 Å². The number of carbonyl (C=O) groups excluding carboxylic acids is 4. The van der Waals surface area contributed by atoms with E-state index >= 15 is 0 Å². The molecule has 0 bridgehead atoms. The van der Waals surface area contributed by atoms with Gasteiger partial charge in [-0.15, -0.1) is 0 Å². The zero-order valence-electron chi connectivity index (χ0n) is 20.6. The third-order valence-electron chi connectivity index (χ3n) is 4.25. The first-order valence-electron chi connectivity index (χ1n) is 10.4. The number of hydrogen-bond donors (Lipinski definition) is 0. The molecule has 8 nitrogen and oxygen atoms in total. The van der Waals surface area contributed by atoms with E-state index in [2.05, 4.69) is 35.8 Å². The van der Waals surface area contributed by atoms with Crippen LogP contribution in [-0.2, 0) is 38.1 Å². The summed E-state index contributed by atoms with van der Waals surface area (Å²) in [5, 5.41) is 0. The van der Waals surface area contributed by atoms with E-state index in [-0.39, 0.29) is 22.3 Å². The third-order valence-corrected chi connectivity index (χ3v) is 4.25. The summed E-state index contributed by atoms with van der Waals surface area (Å²) in [5.41, 5.74) is -0.646. The normalized spacial score (nSPS) is 13.0. The lowest BCUT2D eigenvalue weighted by atomic mass is 9.99. The number of alkyl halides is 4. The van der Waals surface area contributed by atoms with Crippen LogP contribution in [0.3, 0.4) is 0 Å². The second kappa shape index (κ2) is 13.6. The molecule has 0 aromatic rings. The molecule has 0 aliphatic carbocycles. The van der Waals surface area contributed by atoms with Gasteiger partial charge in [-0.05, 0) is 27.7 Å². The van der Waals surface area contributed by atoms with Crippen molar-refractivity contribution in [1.82, 2.24) is 0 Å². The Bertz CT molecular complexity index is 849. The fraction of sp³-hybridized carbons (Fsp3) is 0.500. The molecular weight excluding hydrogens is 492 g/mol. The summed E-state index contributed by atoms with van der Waals surface area (Å²) in [6.45, 7) is 16.1. The lowest BCUT2D eigenvalue weighted by Crippen LogP contribution is -2.48. The number of rotatable bonds is 15. The first-order chi connectivity index (χ1) is 16.3. The molecule has 0 aromatic carbocycles. The van der Waals surface area contributed by atoms with Gasteiger partial charge in [-0.3, -0.25) is 0 Å². The van der Waals surface area contributed by atoms with E-state index in [0.29, 0.717) is 0 Å².